The van der Waals surface area contributed by atoms with Crippen LogP contribution < -0.4 is 5.32 Å². The summed E-state index contributed by atoms with van der Waals surface area (Å²) in [6, 6.07) is 7.09. The van der Waals surface area contributed by atoms with Gasteiger partial charge in [0.15, 0.2) is 0 Å². The van der Waals surface area contributed by atoms with Crippen LogP contribution in [0, 0.1) is 0 Å². The van der Waals surface area contributed by atoms with Crippen molar-refractivity contribution < 1.29 is 14.0 Å². The second-order valence-electron chi connectivity index (χ2n) is 5.84. The second kappa shape index (κ2) is 6.75. The first-order valence-corrected chi connectivity index (χ1v) is 8.05. The maximum Gasteiger partial charge on any atom is 0.307 e. The van der Waals surface area contributed by atoms with E-state index < -0.39 is 5.91 Å². The molecule has 1 aliphatic heterocycles. The maximum atomic E-state index is 12.4. The number of fused-ring (bicyclic) bond motifs is 1. The van der Waals surface area contributed by atoms with Crippen molar-refractivity contribution >= 4 is 11.8 Å². The largest absolute Gasteiger partial charge is 0.435 e. The van der Waals surface area contributed by atoms with Gasteiger partial charge in [0.1, 0.15) is 11.5 Å². The Balaban J connectivity index is 1.39. The zero-order chi connectivity index (χ0) is 17.9. The molecule has 0 spiro atoms. The number of nitrogens with one attached hydrogen (secondary N) is 1. The van der Waals surface area contributed by atoms with Crippen LogP contribution >= 0.6 is 0 Å². The van der Waals surface area contributed by atoms with Crippen molar-refractivity contribution in [2.75, 3.05) is 0 Å². The standard InChI is InChI=1S/C18H15N5O3/c24-16(21-8-12-3-1-5-19-7-12)17-22-14-10-23(11-15(14)26-17)18(25)13-4-2-6-20-9-13/h1-7,9H,8,10-11H2,(H,21,24). The van der Waals surface area contributed by atoms with E-state index in [2.05, 4.69) is 20.3 Å². The van der Waals surface area contributed by atoms with Crippen molar-refractivity contribution in [2.24, 2.45) is 0 Å². The van der Waals surface area contributed by atoms with Crippen LogP contribution in [-0.2, 0) is 19.6 Å². The van der Waals surface area contributed by atoms with Crippen LogP contribution in [0.5, 0.6) is 0 Å². The van der Waals surface area contributed by atoms with Gasteiger partial charge in [-0.15, -0.1) is 0 Å². The molecule has 4 rings (SSSR count). The Kier molecular flexibility index (Phi) is 4.14. The van der Waals surface area contributed by atoms with Gasteiger partial charge in [-0.2, -0.15) is 0 Å². The molecule has 0 unspecified atom stereocenters. The Hall–Kier alpha value is -3.55. The van der Waals surface area contributed by atoms with Gasteiger partial charge in [-0.25, -0.2) is 4.98 Å². The number of amides is 2. The van der Waals surface area contributed by atoms with E-state index in [0.717, 1.165) is 5.56 Å². The molecule has 3 aromatic heterocycles. The third-order valence-corrected chi connectivity index (χ3v) is 4.02. The van der Waals surface area contributed by atoms with Crippen LogP contribution in [0.25, 0.3) is 0 Å². The minimum Gasteiger partial charge on any atom is -0.435 e. The summed E-state index contributed by atoms with van der Waals surface area (Å²) < 4.78 is 5.54. The molecule has 0 bridgehead atoms. The van der Waals surface area contributed by atoms with Crippen LogP contribution in [-0.4, -0.2) is 31.7 Å². The lowest BCUT2D eigenvalue weighted by Crippen LogP contribution is -2.26. The smallest absolute Gasteiger partial charge is 0.307 e. The molecule has 3 aromatic rings. The quantitative estimate of drug-likeness (QED) is 0.767. The highest BCUT2D eigenvalue weighted by Gasteiger charge is 2.30. The molecule has 8 nitrogen and oxygen atoms in total. The van der Waals surface area contributed by atoms with Crippen molar-refractivity contribution in [3.05, 3.63) is 77.5 Å². The molecule has 2 amide bonds. The average molecular weight is 349 g/mol. The lowest BCUT2D eigenvalue weighted by molar-refractivity contribution is 0.0740. The van der Waals surface area contributed by atoms with Gasteiger partial charge in [0.2, 0.25) is 0 Å². The van der Waals surface area contributed by atoms with Crippen LogP contribution in [0.2, 0.25) is 0 Å². The van der Waals surface area contributed by atoms with Crippen molar-refractivity contribution in [2.45, 2.75) is 19.6 Å². The molecule has 0 aromatic carbocycles. The number of hydrogen-bond acceptors (Lipinski definition) is 6. The van der Waals surface area contributed by atoms with Gasteiger partial charge >= 0.3 is 5.91 Å². The van der Waals surface area contributed by atoms with Crippen LogP contribution in [0.1, 0.15) is 38.1 Å². The average Bonchev–Trinajstić information content (AvgIpc) is 3.26. The third kappa shape index (κ3) is 3.16. The highest BCUT2D eigenvalue weighted by Crippen LogP contribution is 2.24. The summed E-state index contributed by atoms with van der Waals surface area (Å²) in [4.78, 5) is 38.4. The minimum atomic E-state index is -0.395. The molecule has 26 heavy (non-hydrogen) atoms. The summed E-state index contributed by atoms with van der Waals surface area (Å²) in [5.74, 6) is 0.00315. The third-order valence-electron chi connectivity index (χ3n) is 4.02. The topological polar surface area (TPSA) is 101 Å². The summed E-state index contributed by atoms with van der Waals surface area (Å²) in [6.07, 6.45) is 6.48. The highest BCUT2D eigenvalue weighted by atomic mass is 16.4. The molecule has 1 N–H and O–H groups in total. The van der Waals surface area contributed by atoms with Gasteiger partial charge in [-0.05, 0) is 23.8 Å². The van der Waals surface area contributed by atoms with Gasteiger partial charge < -0.3 is 14.6 Å². The summed E-state index contributed by atoms with van der Waals surface area (Å²) >= 11 is 0. The number of nitrogens with zero attached hydrogens (tertiary/aromatic N) is 4. The Morgan fingerprint density at radius 1 is 1.12 bits per heavy atom. The number of aromatic nitrogens is 3. The van der Waals surface area contributed by atoms with Crippen molar-refractivity contribution in [3.63, 3.8) is 0 Å². The van der Waals surface area contributed by atoms with Crippen LogP contribution in [0.4, 0.5) is 0 Å². The molecular formula is C18H15N5O3. The van der Waals surface area contributed by atoms with E-state index in [1.54, 1.807) is 41.7 Å². The molecule has 0 atom stereocenters. The minimum absolute atomic E-state index is 0.00682. The Morgan fingerprint density at radius 3 is 2.62 bits per heavy atom. The molecule has 8 heteroatoms. The van der Waals surface area contributed by atoms with Crippen molar-refractivity contribution in [1.82, 2.24) is 25.2 Å². The Morgan fingerprint density at radius 2 is 1.92 bits per heavy atom. The molecule has 1 aliphatic rings. The fourth-order valence-electron chi connectivity index (χ4n) is 2.71. The number of carbonyl (C=O) groups is 2. The van der Waals surface area contributed by atoms with Gasteiger partial charge in [-0.1, -0.05) is 6.07 Å². The number of pyridine rings is 2. The van der Waals surface area contributed by atoms with E-state index >= 15 is 0 Å². The first-order valence-electron chi connectivity index (χ1n) is 8.05. The zero-order valence-corrected chi connectivity index (χ0v) is 13.8. The molecular weight excluding hydrogens is 334 g/mol. The molecule has 0 saturated heterocycles. The number of hydrogen-bond donors (Lipinski definition) is 1. The van der Waals surface area contributed by atoms with Crippen molar-refractivity contribution in [1.29, 1.82) is 0 Å². The molecule has 0 fully saturated rings. The number of carbonyl (C=O) groups excluding carboxylic acids is 2. The van der Waals surface area contributed by atoms with E-state index in [0.29, 0.717) is 30.1 Å². The van der Waals surface area contributed by atoms with Crippen LogP contribution in [0.3, 0.4) is 0 Å². The van der Waals surface area contributed by atoms with E-state index in [1.165, 1.54) is 6.20 Å². The monoisotopic (exact) mass is 349 g/mol. The maximum absolute atomic E-state index is 12.4. The number of rotatable bonds is 4. The SMILES string of the molecule is O=C(NCc1cccnc1)c1nc2c(o1)CN(C(=O)c1cccnc1)C2. The fourth-order valence-corrected chi connectivity index (χ4v) is 2.71. The summed E-state index contributed by atoms with van der Waals surface area (Å²) in [5, 5.41) is 2.74. The molecule has 4 heterocycles. The van der Waals surface area contributed by atoms with Gasteiger partial charge in [0.25, 0.3) is 11.8 Å². The predicted octanol–water partition coefficient (Wildman–Crippen LogP) is 1.55. The molecule has 0 radical (unpaired) electrons. The Bertz CT molecular complexity index is 916. The van der Waals surface area contributed by atoms with Gasteiger partial charge in [0, 0.05) is 31.3 Å². The van der Waals surface area contributed by atoms with Crippen LogP contribution in [0.15, 0.2) is 53.5 Å². The summed E-state index contributed by atoms with van der Waals surface area (Å²) in [6.45, 7) is 0.930. The number of oxazole rings is 1. The lowest BCUT2D eigenvalue weighted by atomic mass is 10.2. The van der Waals surface area contributed by atoms with Crippen molar-refractivity contribution in [3.8, 4) is 0 Å². The first kappa shape index (κ1) is 15.9. The van der Waals surface area contributed by atoms with Gasteiger partial charge in [-0.3, -0.25) is 19.6 Å². The predicted molar refractivity (Wildman–Crippen MR) is 89.7 cm³/mol. The van der Waals surface area contributed by atoms with E-state index in [-0.39, 0.29) is 18.3 Å². The fraction of sp³-hybridized carbons (Fsp3) is 0.167. The lowest BCUT2D eigenvalue weighted by Gasteiger charge is -2.14. The van der Waals surface area contributed by atoms with E-state index in [4.69, 9.17) is 4.42 Å². The first-order chi connectivity index (χ1) is 12.7. The molecule has 0 aliphatic carbocycles. The normalized spacial score (nSPS) is 12.7. The summed E-state index contributed by atoms with van der Waals surface area (Å²) in [5.41, 5.74) is 1.99. The highest BCUT2D eigenvalue weighted by molar-refractivity contribution is 5.94. The second-order valence-corrected chi connectivity index (χ2v) is 5.84. The van der Waals surface area contributed by atoms with E-state index in [9.17, 15) is 9.59 Å². The molecule has 0 saturated carbocycles. The molecule has 130 valence electrons. The Labute approximate surface area is 148 Å². The van der Waals surface area contributed by atoms with E-state index in [1.807, 2.05) is 6.07 Å². The summed E-state index contributed by atoms with van der Waals surface area (Å²) in [7, 11) is 0. The zero-order valence-electron chi connectivity index (χ0n) is 13.8. The van der Waals surface area contributed by atoms with Gasteiger partial charge in [0.05, 0.1) is 18.7 Å².